The summed E-state index contributed by atoms with van der Waals surface area (Å²) in [6.45, 7) is 7.87. The van der Waals surface area contributed by atoms with Gasteiger partial charge in [-0.1, -0.05) is 13.8 Å². The van der Waals surface area contributed by atoms with E-state index in [1.165, 1.54) is 17.5 Å². The molecule has 0 bridgehead atoms. The van der Waals surface area contributed by atoms with Crippen LogP contribution in [0.5, 0.6) is 5.75 Å². The van der Waals surface area contributed by atoms with Gasteiger partial charge in [0.05, 0.1) is 17.4 Å². The highest BCUT2D eigenvalue weighted by atomic mass is 32.1. The van der Waals surface area contributed by atoms with Crippen LogP contribution in [-0.4, -0.2) is 30.7 Å². The molecule has 9 heteroatoms. The summed E-state index contributed by atoms with van der Waals surface area (Å²) >= 11 is 1.47. The average Bonchev–Trinajstić information content (AvgIpc) is 3.28. The number of hydrogen-bond donors (Lipinski definition) is 1. The van der Waals surface area contributed by atoms with Gasteiger partial charge < -0.3 is 4.74 Å². The largest absolute Gasteiger partial charge is 0.432 e. The van der Waals surface area contributed by atoms with E-state index in [0.29, 0.717) is 23.2 Å². The van der Waals surface area contributed by atoms with Crippen LogP contribution in [-0.2, 0) is 0 Å². The van der Waals surface area contributed by atoms with E-state index in [-0.39, 0.29) is 0 Å². The number of hydrogen-bond acceptors (Lipinski definition) is 7. The van der Waals surface area contributed by atoms with Crippen LogP contribution >= 0.6 is 11.3 Å². The van der Waals surface area contributed by atoms with Crippen molar-refractivity contribution in [3.63, 3.8) is 0 Å². The molecule has 0 aliphatic heterocycles. The van der Waals surface area contributed by atoms with Gasteiger partial charge in [0, 0.05) is 35.1 Å². The molecule has 148 valence electrons. The van der Waals surface area contributed by atoms with Gasteiger partial charge in [-0.25, -0.2) is 25.2 Å². The number of carbonyl (C=O) groups is 1. The number of aromatic nitrogens is 5. The third kappa shape index (κ3) is 3.81. The molecule has 0 aromatic carbocycles. The Morgan fingerprint density at radius 2 is 2.07 bits per heavy atom. The number of carbonyl (C=O) groups excluding carboxylic acids is 1. The molecule has 0 unspecified atom stereocenters. The number of ether oxygens (including phenoxy) is 1. The molecule has 8 nitrogen and oxygen atoms in total. The van der Waals surface area contributed by atoms with Gasteiger partial charge in [0.25, 0.3) is 0 Å². The second-order valence-electron chi connectivity index (χ2n) is 6.94. The number of pyridine rings is 1. The number of amides is 1. The van der Waals surface area contributed by atoms with E-state index >= 15 is 0 Å². The fourth-order valence-corrected chi connectivity index (χ4v) is 3.72. The Labute approximate surface area is 171 Å². The van der Waals surface area contributed by atoms with Gasteiger partial charge in [-0.05, 0) is 31.4 Å². The predicted molar refractivity (Wildman–Crippen MR) is 112 cm³/mol. The Kier molecular flexibility index (Phi) is 4.98. The van der Waals surface area contributed by atoms with Gasteiger partial charge >= 0.3 is 6.09 Å². The number of aryl methyl sites for hydroxylation is 2. The molecule has 4 aromatic heterocycles. The number of thiazole rings is 1. The zero-order valence-electron chi connectivity index (χ0n) is 16.5. The first-order chi connectivity index (χ1) is 13.9. The van der Waals surface area contributed by atoms with Crippen molar-refractivity contribution in [1.82, 2.24) is 24.6 Å². The van der Waals surface area contributed by atoms with Crippen molar-refractivity contribution in [1.29, 1.82) is 0 Å². The van der Waals surface area contributed by atoms with Crippen molar-refractivity contribution in [2.75, 3.05) is 5.43 Å². The van der Waals surface area contributed by atoms with E-state index in [1.807, 2.05) is 24.6 Å². The Balaban J connectivity index is 1.54. The molecule has 0 saturated heterocycles. The van der Waals surface area contributed by atoms with E-state index in [4.69, 9.17) is 4.74 Å². The summed E-state index contributed by atoms with van der Waals surface area (Å²) in [7, 11) is 0. The molecule has 0 fully saturated rings. The molecule has 0 radical (unpaired) electrons. The maximum atomic E-state index is 12.5. The van der Waals surface area contributed by atoms with Gasteiger partial charge in [0.1, 0.15) is 0 Å². The first kappa shape index (κ1) is 19.0. The molecule has 1 N–H and O–H groups in total. The van der Waals surface area contributed by atoms with E-state index in [0.717, 1.165) is 27.2 Å². The zero-order chi connectivity index (χ0) is 20.5. The van der Waals surface area contributed by atoms with Crippen molar-refractivity contribution in [2.45, 2.75) is 33.6 Å². The minimum absolute atomic E-state index is 0.290. The fourth-order valence-electron chi connectivity index (χ4n) is 2.99. The monoisotopic (exact) mass is 408 g/mol. The van der Waals surface area contributed by atoms with E-state index in [2.05, 4.69) is 39.2 Å². The molecule has 29 heavy (non-hydrogen) atoms. The molecular formula is C20H20N6O2S. The van der Waals surface area contributed by atoms with Crippen LogP contribution in [0.2, 0.25) is 0 Å². The Bertz CT molecular complexity index is 1200. The molecular weight excluding hydrogens is 388 g/mol. The summed E-state index contributed by atoms with van der Waals surface area (Å²) in [5.74, 6) is 1.10. The van der Waals surface area contributed by atoms with Crippen molar-refractivity contribution < 1.29 is 9.53 Å². The SMILES string of the molecule is Cc1csc(-c2ncc(OC(=O)Nn3cc(C(C)C)c4cnccc43)c(C)n2)n1. The normalized spacial score (nSPS) is 11.2. The maximum Gasteiger partial charge on any atom is 0.432 e. The molecule has 0 atom stereocenters. The number of rotatable bonds is 4. The molecule has 4 heterocycles. The number of nitrogens with zero attached hydrogens (tertiary/aromatic N) is 5. The smallest absolute Gasteiger partial charge is 0.406 e. The quantitative estimate of drug-likeness (QED) is 0.537. The third-order valence-electron chi connectivity index (χ3n) is 4.42. The van der Waals surface area contributed by atoms with Gasteiger partial charge in [0.2, 0.25) is 0 Å². The molecule has 4 rings (SSSR count). The first-order valence-corrected chi connectivity index (χ1v) is 10.00. The van der Waals surface area contributed by atoms with Crippen molar-refractivity contribution in [3.05, 3.63) is 53.2 Å². The molecule has 0 saturated carbocycles. The first-order valence-electron chi connectivity index (χ1n) is 9.12. The Hall–Kier alpha value is -3.33. The lowest BCUT2D eigenvalue weighted by atomic mass is 10.0. The molecule has 4 aromatic rings. The van der Waals surface area contributed by atoms with Crippen LogP contribution in [0.15, 0.2) is 36.2 Å². The Morgan fingerprint density at radius 1 is 1.24 bits per heavy atom. The van der Waals surface area contributed by atoms with Crippen LogP contribution in [0.4, 0.5) is 4.79 Å². The van der Waals surface area contributed by atoms with E-state index < -0.39 is 6.09 Å². The second kappa shape index (κ2) is 7.59. The minimum atomic E-state index is -0.626. The van der Waals surface area contributed by atoms with Crippen LogP contribution < -0.4 is 10.2 Å². The minimum Gasteiger partial charge on any atom is -0.406 e. The van der Waals surface area contributed by atoms with E-state index in [9.17, 15) is 4.79 Å². The van der Waals surface area contributed by atoms with Crippen molar-refractivity contribution >= 4 is 28.3 Å². The average molecular weight is 408 g/mol. The van der Waals surface area contributed by atoms with Gasteiger partial charge in [-0.3, -0.25) is 9.66 Å². The van der Waals surface area contributed by atoms with Crippen LogP contribution in [0.25, 0.3) is 21.7 Å². The molecule has 0 aliphatic carbocycles. The Morgan fingerprint density at radius 3 is 2.76 bits per heavy atom. The summed E-state index contributed by atoms with van der Waals surface area (Å²) in [6.07, 6.45) is 6.23. The lowest BCUT2D eigenvalue weighted by Gasteiger charge is -2.10. The second-order valence-corrected chi connectivity index (χ2v) is 7.80. The summed E-state index contributed by atoms with van der Waals surface area (Å²) in [5, 5.41) is 3.66. The van der Waals surface area contributed by atoms with E-state index in [1.54, 1.807) is 24.0 Å². The van der Waals surface area contributed by atoms with Gasteiger partial charge in [-0.2, -0.15) is 0 Å². The number of fused-ring (bicyclic) bond motifs is 1. The highest BCUT2D eigenvalue weighted by Crippen LogP contribution is 2.26. The van der Waals surface area contributed by atoms with Crippen LogP contribution in [0.3, 0.4) is 0 Å². The van der Waals surface area contributed by atoms with Crippen molar-refractivity contribution in [2.24, 2.45) is 0 Å². The predicted octanol–water partition coefficient (Wildman–Crippen LogP) is 4.43. The van der Waals surface area contributed by atoms with Crippen LogP contribution in [0.1, 0.15) is 36.7 Å². The summed E-state index contributed by atoms with van der Waals surface area (Å²) < 4.78 is 7.09. The molecule has 0 spiro atoms. The summed E-state index contributed by atoms with van der Waals surface area (Å²) in [6, 6.07) is 1.85. The highest BCUT2D eigenvalue weighted by molar-refractivity contribution is 7.13. The third-order valence-corrected chi connectivity index (χ3v) is 5.37. The lowest BCUT2D eigenvalue weighted by molar-refractivity contribution is 0.211. The number of nitrogens with one attached hydrogen (secondary N) is 1. The topological polar surface area (TPSA) is 94.8 Å². The standard InChI is InChI=1S/C20H20N6O2S/c1-11(2)15-9-26(16-5-6-21-7-14(15)16)25-20(27)28-17-8-22-18(24-13(17)4)19-23-12(3)10-29-19/h5-11H,1-4H3,(H,25,27). The zero-order valence-corrected chi connectivity index (χ0v) is 17.3. The summed E-state index contributed by atoms with van der Waals surface area (Å²) in [4.78, 5) is 29.7. The fraction of sp³-hybridized carbons (Fsp3) is 0.250. The van der Waals surface area contributed by atoms with Gasteiger partial charge in [0.15, 0.2) is 16.6 Å². The van der Waals surface area contributed by atoms with Crippen molar-refractivity contribution in [3.8, 4) is 16.6 Å². The van der Waals surface area contributed by atoms with Crippen LogP contribution in [0, 0.1) is 13.8 Å². The van der Waals surface area contributed by atoms with Gasteiger partial charge in [-0.15, -0.1) is 11.3 Å². The molecule has 1 amide bonds. The lowest BCUT2D eigenvalue weighted by Crippen LogP contribution is -2.25. The molecule has 0 aliphatic rings. The highest BCUT2D eigenvalue weighted by Gasteiger charge is 2.16. The maximum absolute atomic E-state index is 12.5. The summed E-state index contributed by atoms with van der Waals surface area (Å²) in [5.41, 5.74) is 6.17.